The van der Waals surface area contributed by atoms with E-state index in [9.17, 15) is 13.2 Å². The second-order valence-electron chi connectivity index (χ2n) is 4.76. The number of rotatable bonds is 8. The quantitative estimate of drug-likeness (QED) is 0.665. The number of hydrogen-bond donors (Lipinski definition) is 2. The summed E-state index contributed by atoms with van der Waals surface area (Å²) in [6.45, 7) is 4.46. The van der Waals surface area contributed by atoms with Gasteiger partial charge in [0.1, 0.15) is 0 Å². The summed E-state index contributed by atoms with van der Waals surface area (Å²) >= 11 is 0. The van der Waals surface area contributed by atoms with Crippen molar-refractivity contribution < 1.29 is 18.3 Å². The first-order valence-electron chi connectivity index (χ1n) is 6.34. The fourth-order valence-electron chi connectivity index (χ4n) is 2.04. The Labute approximate surface area is 108 Å². The zero-order chi connectivity index (χ0) is 13.6. The molecule has 7 heteroatoms. The Morgan fingerprint density at radius 3 is 2.56 bits per heavy atom. The largest absolute Gasteiger partial charge is 0.481 e. The van der Waals surface area contributed by atoms with Crippen molar-refractivity contribution in [3.63, 3.8) is 0 Å². The average molecular weight is 278 g/mol. The molecule has 0 bridgehead atoms. The van der Waals surface area contributed by atoms with Crippen molar-refractivity contribution in [2.45, 2.75) is 38.6 Å². The van der Waals surface area contributed by atoms with Crippen molar-refractivity contribution in [1.29, 1.82) is 0 Å². The molecule has 1 heterocycles. The Hall–Kier alpha value is -0.660. The van der Waals surface area contributed by atoms with Crippen LogP contribution in [-0.2, 0) is 14.8 Å². The number of nitrogens with one attached hydrogen (secondary N) is 1. The molecule has 1 saturated heterocycles. The van der Waals surface area contributed by atoms with E-state index < -0.39 is 16.0 Å². The number of nitrogens with zero attached hydrogens (tertiary/aromatic N) is 1. The highest BCUT2D eigenvalue weighted by atomic mass is 32.2. The van der Waals surface area contributed by atoms with E-state index in [1.807, 2.05) is 6.92 Å². The smallest absolute Gasteiger partial charge is 0.303 e. The van der Waals surface area contributed by atoms with Crippen LogP contribution < -0.4 is 4.72 Å². The van der Waals surface area contributed by atoms with Crippen LogP contribution in [0.3, 0.4) is 0 Å². The molecule has 0 aromatic heterocycles. The van der Waals surface area contributed by atoms with Crippen molar-refractivity contribution in [1.82, 2.24) is 9.62 Å². The molecule has 0 amide bonds. The van der Waals surface area contributed by atoms with Gasteiger partial charge in [-0.1, -0.05) is 0 Å². The highest BCUT2D eigenvalue weighted by molar-refractivity contribution is 7.89. The van der Waals surface area contributed by atoms with Crippen molar-refractivity contribution in [2.24, 2.45) is 0 Å². The van der Waals surface area contributed by atoms with Crippen LogP contribution >= 0.6 is 0 Å². The Morgan fingerprint density at radius 1 is 1.39 bits per heavy atom. The first kappa shape index (κ1) is 15.4. The molecule has 1 unspecified atom stereocenters. The normalized spacial score (nSPS) is 18.9. The first-order valence-corrected chi connectivity index (χ1v) is 7.99. The van der Waals surface area contributed by atoms with Gasteiger partial charge in [0.05, 0.1) is 5.75 Å². The van der Waals surface area contributed by atoms with Crippen molar-refractivity contribution in [2.75, 3.05) is 25.4 Å². The van der Waals surface area contributed by atoms with E-state index in [2.05, 4.69) is 9.62 Å². The third-order valence-corrected chi connectivity index (χ3v) is 4.60. The van der Waals surface area contributed by atoms with Crippen LogP contribution in [0.2, 0.25) is 0 Å². The fraction of sp³-hybridized carbons (Fsp3) is 0.909. The molecule has 0 aliphatic carbocycles. The summed E-state index contributed by atoms with van der Waals surface area (Å²) in [5.41, 5.74) is 0. The molecule has 0 aromatic rings. The molecule has 1 rings (SSSR count). The lowest BCUT2D eigenvalue weighted by Gasteiger charge is -2.23. The van der Waals surface area contributed by atoms with Crippen LogP contribution in [-0.4, -0.2) is 55.8 Å². The molecule has 1 atom stereocenters. The van der Waals surface area contributed by atoms with Gasteiger partial charge in [0.15, 0.2) is 0 Å². The van der Waals surface area contributed by atoms with Crippen LogP contribution in [0.15, 0.2) is 0 Å². The number of likely N-dealkylation sites (tertiary alicyclic amines) is 1. The summed E-state index contributed by atoms with van der Waals surface area (Å²) in [7, 11) is -3.34. The molecule has 1 aliphatic rings. The Bertz CT molecular complexity index is 363. The molecule has 6 nitrogen and oxygen atoms in total. The summed E-state index contributed by atoms with van der Waals surface area (Å²) in [6, 6.07) is 0.196. The molecule has 18 heavy (non-hydrogen) atoms. The number of hydrogen-bond acceptors (Lipinski definition) is 4. The zero-order valence-electron chi connectivity index (χ0n) is 10.8. The predicted octanol–water partition coefficient (Wildman–Crippen LogP) is 0.255. The molecule has 0 radical (unpaired) electrons. The van der Waals surface area contributed by atoms with Crippen molar-refractivity contribution >= 4 is 16.0 Å². The van der Waals surface area contributed by atoms with Gasteiger partial charge in [-0.2, -0.15) is 0 Å². The SMILES string of the molecule is CC(CNS(=O)(=O)CCCC(=O)O)N1CCCC1. The maximum atomic E-state index is 11.6. The van der Waals surface area contributed by atoms with E-state index in [1.54, 1.807) is 0 Å². The Morgan fingerprint density at radius 2 is 2.00 bits per heavy atom. The molecule has 1 aliphatic heterocycles. The maximum Gasteiger partial charge on any atom is 0.303 e. The number of aliphatic carboxylic acids is 1. The van der Waals surface area contributed by atoms with Gasteiger partial charge in [-0.15, -0.1) is 0 Å². The molecule has 0 spiro atoms. The van der Waals surface area contributed by atoms with Gasteiger partial charge < -0.3 is 5.11 Å². The van der Waals surface area contributed by atoms with E-state index in [4.69, 9.17) is 5.11 Å². The number of carboxylic acid groups (broad SMARTS) is 1. The minimum atomic E-state index is -3.34. The molecule has 0 saturated carbocycles. The van der Waals surface area contributed by atoms with Gasteiger partial charge in [0.25, 0.3) is 0 Å². The Balaban J connectivity index is 2.25. The lowest BCUT2D eigenvalue weighted by molar-refractivity contribution is -0.137. The molecule has 1 fully saturated rings. The van der Waals surface area contributed by atoms with Crippen LogP contribution in [0.1, 0.15) is 32.6 Å². The van der Waals surface area contributed by atoms with Crippen LogP contribution in [0.4, 0.5) is 0 Å². The number of sulfonamides is 1. The minimum absolute atomic E-state index is 0.109. The second kappa shape index (κ2) is 7.06. The monoisotopic (exact) mass is 278 g/mol. The van der Waals surface area contributed by atoms with E-state index in [-0.39, 0.29) is 24.6 Å². The zero-order valence-corrected chi connectivity index (χ0v) is 11.6. The first-order chi connectivity index (χ1) is 8.41. The summed E-state index contributed by atoms with van der Waals surface area (Å²) in [5, 5.41) is 8.45. The molecule has 0 aromatic carbocycles. The number of carboxylic acids is 1. The predicted molar refractivity (Wildman–Crippen MR) is 68.9 cm³/mol. The lowest BCUT2D eigenvalue weighted by atomic mass is 10.3. The maximum absolute atomic E-state index is 11.6. The summed E-state index contributed by atoms with van der Waals surface area (Å²) in [6.07, 6.45) is 2.40. The highest BCUT2D eigenvalue weighted by Gasteiger charge is 2.19. The summed E-state index contributed by atoms with van der Waals surface area (Å²) < 4.78 is 25.8. The van der Waals surface area contributed by atoms with E-state index in [0.717, 1.165) is 13.1 Å². The molecule has 106 valence electrons. The van der Waals surface area contributed by atoms with Crippen LogP contribution in [0, 0.1) is 0 Å². The van der Waals surface area contributed by atoms with Crippen LogP contribution in [0.25, 0.3) is 0 Å². The average Bonchev–Trinajstić information content (AvgIpc) is 2.78. The Kier molecular flexibility index (Phi) is 6.04. The molecule has 2 N–H and O–H groups in total. The number of carbonyl (C=O) groups is 1. The topological polar surface area (TPSA) is 86.7 Å². The van der Waals surface area contributed by atoms with Crippen LogP contribution in [0.5, 0.6) is 0 Å². The summed E-state index contributed by atoms with van der Waals surface area (Å²) in [5.74, 6) is -1.08. The highest BCUT2D eigenvalue weighted by Crippen LogP contribution is 2.11. The third-order valence-electron chi connectivity index (χ3n) is 3.17. The van der Waals surface area contributed by atoms with Gasteiger partial charge in [0.2, 0.25) is 10.0 Å². The second-order valence-corrected chi connectivity index (χ2v) is 6.68. The molecular weight excluding hydrogens is 256 g/mol. The van der Waals surface area contributed by atoms with Gasteiger partial charge in [-0.3, -0.25) is 9.69 Å². The van der Waals surface area contributed by atoms with Gasteiger partial charge in [0, 0.05) is 19.0 Å². The van der Waals surface area contributed by atoms with Gasteiger partial charge in [-0.05, 0) is 39.3 Å². The standard InChI is InChI=1S/C11H22N2O4S/c1-10(13-6-2-3-7-13)9-12-18(16,17)8-4-5-11(14)15/h10,12H,2-9H2,1H3,(H,14,15). The lowest BCUT2D eigenvalue weighted by Crippen LogP contribution is -2.41. The van der Waals surface area contributed by atoms with Gasteiger partial charge >= 0.3 is 5.97 Å². The van der Waals surface area contributed by atoms with E-state index in [1.165, 1.54) is 12.8 Å². The van der Waals surface area contributed by atoms with Gasteiger partial charge in [-0.25, -0.2) is 13.1 Å². The fourth-order valence-corrected chi connectivity index (χ4v) is 3.21. The third kappa shape index (κ3) is 5.79. The van der Waals surface area contributed by atoms with Crippen molar-refractivity contribution in [3.05, 3.63) is 0 Å². The summed E-state index contributed by atoms with van der Waals surface area (Å²) in [4.78, 5) is 12.6. The minimum Gasteiger partial charge on any atom is -0.481 e. The van der Waals surface area contributed by atoms with E-state index >= 15 is 0 Å². The van der Waals surface area contributed by atoms with E-state index in [0.29, 0.717) is 6.54 Å². The van der Waals surface area contributed by atoms with Crippen molar-refractivity contribution in [3.8, 4) is 0 Å². The molecular formula is C11H22N2O4S.